The average Bonchev–Trinajstić information content (AvgIpc) is 2.34. The molecule has 2 nitrogen and oxygen atoms in total. The molecule has 1 aliphatic carbocycles. The van der Waals surface area contributed by atoms with Crippen LogP contribution in [0.5, 0.6) is 0 Å². The molecule has 0 radical (unpaired) electrons. The summed E-state index contributed by atoms with van der Waals surface area (Å²) in [5.41, 5.74) is 2.02. The summed E-state index contributed by atoms with van der Waals surface area (Å²) in [6.07, 6.45) is 6.83. The second-order valence-corrected chi connectivity index (χ2v) is 2.47. The third kappa shape index (κ3) is 0.652. The van der Waals surface area contributed by atoms with Crippen molar-refractivity contribution in [2.45, 2.75) is 6.42 Å². The Morgan fingerprint density at radius 3 is 3.10 bits per heavy atom. The molecule has 52 valence electrons. The van der Waals surface area contributed by atoms with Gasteiger partial charge < -0.3 is 10.4 Å². The van der Waals surface area contributed by atoms with Crippen LogP contribution in [-0.2, 0) is 0 Å². The van der Waals surface area contributed by atoms with Crippen molar-refractivity contribution in [3.8, 4) is 0 Å². The summed E-state index contributed by atoms with van der Waals surface area (Å²) in [7, 11) is 0. The van der Waals surface area contributed by atoms with Gasteiger partial charge in [0.15, 0.2) is 0 Å². The highest BCUT2D eigenvalue weighted by molar-refractivity contribution is 5.50. The number of nitrogens with one attached hydrogen (secondary N) is 1. The molecule has 0 fully saturated rings. The van der Waals surface area contributed by atoms with E-state index in [0.29, 0.717) is 5.76 Å². The standard InChI is InChI=1S/C8H9NO/c10-7-4-3-6-2-1-5-9-8(6)7/h2-4,9-10H,1,5H2. The van der Waals surface area contributed by atoms with Gasteiger partial charge in [0.25, 0.3) is 0 Å². The molecule has 0 spiro atoms. The van der Waals surface area contributed by atoms with Crippen molar-refractivity contribution >= 4 is 0 Å². The van der Waals surface area contributed by atoms with Gasteiger partial charge in [-0.3, -0.25) is 0 Å². The van der Waals surface area contributed by atoms with Crippen LogP contribution < -0.4 is 5.32 Å². The fraction of sp³-hybridized carbons (Fsp3) is 0.250. The molecule has 0 aromatic heterocycles. The van der Waals surface area contributed by atoms with Gasteiger partial charge in [0.05, 0.1) is 5.70 Å². The third-order valence-corrected chi connectivity index (χ3v) is 1.78. The van der Waals surface area contributed by atoms with Gasteiger partial charge in [-0.25, -0.2) is 0 Å². The first-order valence-electron chi connectivity index (χ1n) is 3.43. The van der Waals surface area contributed by atoms with E-state index in [1.165, 1.54) is 0 Å². The van der Waals surface area contributed by atoms with Crippen molar-refractivity contribution in [2.24, 2.45) is 0 Å². The summed E-state index contributed by atoms with van der Waals surface area (Å²) in [5, 5.41) is 12.3. The molecule has 0 unspecified atom stereocenters. The topological polar surface area (TPSA) is 32.3 Å². The Hall–Kier alpha value is -1.18. The molecule has 2 heteroatoms. The number of aliphatic hydroxyl groups excluding tert-OH is 1. The van der Waals surface area contributed by atoms with Gasteiger partial charge in [-0.15, -0.1) is 0 Å². The van der Waals surface area contributed by atoms with Crippen molar-refractivity contribution < 1.29 is 5.11 Å². The van der Waals surface area contributed by atoms with E-state index in [9.17, 15) is 5.11 Å². The predicted molar refractivity (Wildman–Crippen MR) is 39.5 cm³/mol. The summed E-state index contributed by atoms with van der Waals surface area (Å²) in [6, 6.07) is 0. The molecule has 0 aromatic rings. The van der Waals surface area contributed by atoms with Crippen LogP contribution in [0.1, 0.15) is 6.42 Å². The highest BCUT2D eigenvalue weighted by atomic mass is 16.3. The van der Waals surface area contributed by atoms with Gasteiger partial charge in [-0.2, -0.15) is 0 Å². The van der Waals surface area contributed by atoms with Crippen LogP contribution in [-0.4, -0.2) is 11.7 Å². The SMILES string of the molecule is OC1=C2NCCC=C2C=C1. The Morgan fingerprint density at radius 1 is 1.40 bits per heavy atom. The number of rotatable bonds is 0. The van der Waals surface area contributed by atoms with Gasteiger partial charge in [0.2, 0.25) is 0 Å². The second kappa shape index (κ2) is 1.90. The zero-order chi connectivity index (χ0) is 6.97. The minimum atomic E-state index is 0.367. The highest BCUT2D eigenvalue weighted by Gasteiger charge is 2.14. The minimum Gasteiger partial charge on any atom is -0.506 e. The van der Waals surface area contributed by atoms with Crippen LogP contribution >= 0.6 is 0 Å². The van der Waals surface area contributed by atoms with Gasteiger partial charge in [0.1, 0.15) is 5.76 Å². The van der Waals surface area contributed by atoms with E-state index in [1.54, 1.807) is 6.08 Å². The van der Waals surface area contributed by atoms with Crippen LogP contribution in [0, 0.1) is 0 Å². The lowest BCUT2D eigenvalue weighted by molar-refractivity contribution is 0.423. The molecular formula is C8H9NO. The first-order chi connectivity index (χ1) is 4.88. The van der Waals surface area contributed by atoms with Crippen LogP contribution in [0.2, 0.25) is 0 Å². The van der Waals surface area contributed by atoms with E-state index in [0.717, 1.165) is 24.2 Å². The van der Waals surface area contributed by atoms with Crippen LogP contribution in [0.15, 0.2) is 35.3 Å². The van der Waals surface area contributed by atoms with E-state index >= 15 is 0 Å². The molecule has 1 heterocycles. The number of aliphatic hydroxyl groups is 1. The summed E-state index contributed by atoms with van der Waals surface area (Å²) in [4.78, 5) is 0. The van der Waals surface area contributed by atoms with E-state index in [1.807, 2.05) is 6.08 Å². The fourth-order valence-electron chi connectivity index (χ4n) is 1.27. The third-order valence-electron chi connectivity index (χ3n) is 1.78. The van der Waals surface area contributed by atoms with Crippen molar-refractivity contribution in [1.82, 2.24) is 5.32 Å². The molecule has 0 atom stereocenters. The summed E-state index contributed by atoms with van der Waals surface area (Å²) < 4.78 is 0. The minimum absolute atomic E-state index is 0.367. The van der Waals surface area contributed by atoms with Gasteiger partial charge in [-0.05, 0) is 24.1 Å². The molecule has 0 amide bonds. The molecule has 10 heavy (non-hydrogen) atoms. The highest BCUT2D eigenvalue weighted by Crippen LogP contribution is 2.23. The average molecular weight is 135 g/mol. The molecule has 2 rings (SSSR count). The van der Waals surface area contributed by atoms with Crippen molar-refractivity contribution in [2.75, 3.05) is 6.54 Å². The summed E-state index contributed by atoms with van der Waals surface area (Å²) in [5.74, 6) is 0.367. The number of hydrogen-bond donors (Lipinski definition) is 2. The molecule has 1 aliphatic heterocycles. The van der Waals surface area contributed by atoms with E-state index in [-0.39, 0.29) is 0 Å². The van der Waals surface area contributed by atoms with Crippen LogP contribution in [0.3, 0.4) is 0 Å². The van der Waals surface area contributed by atoms with Crippen molar-refractivity contribution in [3.63, 3.8) is 0 Å². The summed E-state index contributed by atoms with van der Waals surface area (Å²) in [6.45, 7) is 0.935. The molecule has 0 saturated carbocycles. The lowest BCUT2D eigenvalue weighted by Crippen LogP contribution is -2.19. The first kappa shape index (κ1) is 5.59. The Kier molecular flexibility index (Phi) is 1.07. The largest absolute Gasteiger partial charge is 0.506 e. The van der Waals surface area contributed by atoms with Gasteiger partial charge >= 0.3 is 0 Å². The van der Waals surface area contributed by atoms with Crippen molar-refractivity contribution in [1.29, 1.82) is 0 Å². The predicted octanol–water partition coefficient (Wildman–Crippen LogP) is 1.25. The first-order valence-corrected chi connectivity index (χ1v) is 3.43. The summed E-state index contributed by atoms with van der Waals surface area (Å²) >= 11 is 0. The fourth-order valence-corrected chi connectivity index (χ4v) is 1.27. The number of fused-ring (bicyclic) bond motifs is 1. The Labute approximate surface area is 59.6 Å². The number of allylic oxidation sites excluding steroid dienone is 2. The maximum absolute atomic E-state index is 9.21. The Morgan fingerprint density at radius 2 is 2.30 bits per heavy atom. The number of hydrogen-bond acceptors (Lipinski definition) is 2. The van der Waals surface area contributed by atoms with Crippen LogP contribution in [0.4, 0.5) is 0 Å². The molecule has 0 aromatic carbocycles. The second-order valence-electron chi connectivity index (χ2n) is 2.47. The van der Waals surface area contributed by atoms with Gasteiger partial charge in [-0.1, -0.05) is 6.08 Å². The maximum Gasteiger partial charge on any atom is 0.139 e. The van der Waals surface area contributed by atoms with E-state index in [2.05, 4.69) is 11.4 Å². The zero-order valence-electron chi connectivity index (χ0n) is 5.59. The maximum atomic E-state index is 9.21. The molecule has 2 aliphatic rings. The Balaban J connectivity index is 2.44. The van der Waals surface area contributed by atoms with Gasteiger partial charge in [0, 0.05) is 6.54 Å². The lowest BCUT2D eigenvalue weighted by Gasteiger charge is -2.13. The molecular weight excluding hydrogens is 126 g/mol. The van der Waals surface area contributed by atoms with E-state index < -0.39 is 0 Å². The normalized spacial score (nSPS) is 22.2. The monoisotopic (exact) mass is 135 g/mol. The van der Waals surface area contributed by atoms with Crippen molar-refractivity contribution in [3.05, 3.63) is 35.3 Å². The van der Waals surface area contributed by atoms with E-state index in [4.69, 9.17) is 0 Å². The smallest absolute Gasteiger partial charge is 0.139 e. The Bertz CT molecular complexity index is 248. The zero-order valence-corrected chi connectivity index (χ0v) is 5.59. The molecule has 0 bridgehead atoms. The molecule has 0 saturated heterocycles. The quantitative estimate of drug-likeness (QED) is 0.524. The molecule has 2 N–H and O–H groups in total. The lowest BCUT2D eigenvalue weighted by atomic mass is 10.1. The van der Waals surface area contributed by atoms with Crippen LogP contribution in [0.25, 0.3) is 0 Å².